The van der Waals surface area contributed by atoms with Crippen molar-refractivity contribution in [2.75, 3.05) is 0 Å². The summed E-state index contributed by atoms with van der Waals surface area (Å²) >= 11 is 0. The van der Waals surface area contributed by atoms with Crippen LogP contribution in [-0.2, 0) is 10.0 Å². The Morgan fingerprint density at radius 1 is 1.15 bits per heavy atom. The van der Waals surface area contributed by atoms with E-state index in [-0.39, 0.29) is 10.9 Å². The third-order valence-electron chi connectivity index (χ3n) is 4.21. The van der Waals surface area contributed by atoms with E-state index in [2.05, 4.69) is 18.6 Å². The van der Waals surface area contributed by atoms with E-state index in [1.807, 2.05) is 6.07 Å². The molecular weight excluding hydrogens is 272 g/mol. The van der Waals surface area contributed by atoms with Gasteiger partial charge in [0.25, 0.3) is 0 Å². The summed E-state index contributed by atoms with van der Waals surface area (Å²) in [4.78, 5) is 0.225. The van der Waals surface area contributed by atoms with Crippen molar-refractivity contribution >= 4 is 10.0 Å². The highest BCUT2D eigenvalue weighted by atomic mass is 32.2. The molecule has 1 aliphatic carbocycles. The van der Waals surface area contributed by atoms with E-state index in [0.717, 1.165) is 19.3 Å². The molecule has 108 valence electrons. The molecule has 0 spiro atoms. The number of benzene rings is 1. The lowest BCUT2D eigenvalue weighted by Crippen LogP contribution is -2.39. The highest BCUT2D eigenvalue weighted by molar-refractivity contribution is 7.89. The first kappa shape index (κ1) is 15.0. The van der Waals surface area contributed by atoms with Gasteiger partial charge in [-0.2, -0.15) is 5.26 Å². The number of nitrogens with one attached hydrogen (secondary N) is 1. The monoisotopic (exact) mass is 292 g/mol. The summed E-state index contributed by atoms with van der Waals surface area (Å²) in [5.41, 5.74) is 0.462. The zero-order valence-electron chi connectivity index (χ0n) is 11.8. The Balaban J connectivity index is 2.09. The van der Waals surface area contributed by atoms with Crippen molar-refractivity contribution < 1.29 is 8.42 Å². The fourth-order valence-electron chi connectivity index (χ4n) is 2.65. The molecule has 0 amide bonds. The van der Waals surface area contributed by atoms with E-state index in [0.29, 0.717) is 17.4 Å². The Kier molecular flexibility index (Phi) is 4.46. The van der Waals surface area contributed by atoms with E-state index >= 15 is 0 Å². The summed E-state index contributed by atoms with van der Waals surface area (Å²) < 4.78 is 27.4. The van der Waals surface area contributed by atoms with Crippen molar-refractivity contribution in [3.63, 3.8) is 0 Å². The minimum absolute atomic E-state index is 0.0156. The Hall–Kier alpha value is -1.38. The van der Waals surface area contributed by atoms with E-state index in [4.69, 9.17) is 5.26 Å². The topological polar surface area (TPSA) is 70.0 Å². The minimum Gasteiger partial charge on any atom is -0.208 e. The maximum atomic E-state index is 12.3. The van der Waals surface area contributed by atoms with Gasteiger partial charge in [0.1, 0.15) is 0 Å². The van der Waals surface area contributed by atoms with Gasteiger partial charge in [-0.15, -0.1) is 0 Å². The van der Waals surface area contributed by atoms with Gasteiger partial charge in [-0.05, 0) is 55.4 Å². The molecule has 1 fully saturated rings. The second kappa shape index (κ2) is 5.94. The lowest BCUT2D eigenvalue weighted by Gasteiger charge is -2.32. The number of nitrogens with zero attached hydrogens (tertiary/aromatic N) is 1. The second-order valence-electron chi connectivity index (χ2n) is 5.72. The van der Waals surface area contributed by atoms with Crippen LogP contribution in [0.15, 0.2) is 29.2 Å². The van der Waals surface area contributed by atoms with Crippen LogP contribution in [-0.4, -0.2) is 14.5 Å². The Labute approximate surface area is 120 Å². The van der Waals surface area contributed by atoms with Gasteiger partial charge in [0.15, 0.2) is 0 Å². The summed E-state index contributed by atoms with van der Waals surface area (Å²) in [5.74, 6) is 1.20. The molecule has 3 unspecified atom stereocenters. The standard InChI is InChI=1S/C15H20N2O2S/c1-11-3-6-14(9-12(11)2)17-20(18,19)15-7-4-13(10-16)5-8-15/h4-5,7-8,11-12,14,17H,3,6,9H2,1-2H3. The molecule has 1 aromatic carbocycles. The van der Waals surface area contributed by atoms with Gasteiger partial charge < -0.3 is 0 Å². The van der Waals surface area contributed by atoms with Crippen molar-refractivity contribution in [2.24, 2.45) is 11.8 Å². The number of hydrogen-bond acceptors (Lipinski definition) is 3. The van der Waals surface area contributed by atoms with Gasteiger partial charge in [-0.1, -0.05) is 13.8 Å². The molecule has 0 heterocycles. The summed E-state index contributed by atoms with van der Waals surface area (Å²) in [6.45, 7) is 4.39. The zero-order chi connectivity index (χ0) is 14.8. The molecular formula is C15H20N2O2S. The van der Waals surface area contributed by atoms with Gasteiger partial charge in [0.2, 0.25) is 10.0 Å². The van der Waals surface area contributed by atoms with Crippen LogP contribution in [0.4, 0.5) is 0 Å². The zero-order valence-corrected chi connectivity index (χ0v) is 12.7. The summed E-state index contributed by atoms with van der Waals surface area (Å²) in [6.07, 6.45) is 2.83. The van der Waals surface area contributed by atoms with Crippen LogP contribution in [0.5, 0.6) is 0 Å². The molecule has 1 saturated carbocycles. The smallest absolute Gasteiger partial charge is 0.208 e. The average molecular weight is 292 g/mol. The Morgan fingerprint density at radius 3 is 2.35 bits per heavy atom. The van der Waals surface area contributed by atoms with Crippen molar-refractivity contribution in [2.45, 2.75) is 44.0 Å². The molecule has 2 rings (SSSR count). The predicted molar refractivity (Wildman–Crippen MR) is 77.4 cm³/mol. The minimum atomic E-state index is -3.49. The molecule has 1 N–H and O–H groups in total. The van der Waals surface area contributed by atoms with E-state index in [1.165, 1.54) is 24.3 Å². The van der Waals surface area contributed by atoms with Crippen LogP contribution in [0.2, 0.25) is 0 Å². The van der Waals surface area contributed by atoms with Gasteiger partial charge in [0, 0.05) is 6.04 Å². The molecule has 0 aromatic heterocycles. The fourth-order valence-corrected chi connectivity index (χ4v) is 3.93. The summed E-state index contributed by atoms with van der Waals surface area (Å²) in [5, 5.41) is 8.73. The van der Waals surface area contributed by atoms with Crippen molar-refractivity contribution in [1.29, 1.82) is 5.26 Å². The quantitative estimate of drug-likeness (QED) is 0.931. The van der Waals surface area contributed by atoms with Crippen LogP contribution in [0.3, 0.4) is 0 Å². The summed E-state index contributed by atoms with van der Waals surface area (Å²) in [7, 11) is -3.49. The van der Waals surface area contributed by atoms with Crippen LogP contribution in [0.25, 0.3) is 0 Å². The highest BCUT2D eigenvalue weighted by Crippen LogP contribution is 2.30. The fraction of sp³-hybridized carbons (Fsp3) is 0.533. The third-order valence-corrected chi connectivity index (χ3v) is 5.75. The number of hydrogen-bond donors (Lipinski definition) is 1. The van der Waals surface area contributed by atoms with Crippen LogP contribution in [0.1, 0.15) is 38.7 Å². The van der Waals surface area contributed by atoms with Crippen molar-refractivity contribution in [1.82, 2.24) is 4.72 Å². The average Bonchev–Trinajstić information content (AvgIpc) is 2.43. The number of nitriles is 1. The van der Waals surface area contributed by atoms with Crippen LogP contribution < -0.4 is 4.72 Å². The van der Waals surface area contributed by atoms with Gasteiger partial charge in [-0.25, -0.2) is 13.1 Å². The third kappa shape index (κ3) is 3.38. The normalized spacial score (nSPS) is 26.9. The molecule has 4 nitrogen and oxygen atoms in total. The van der Waals surface area contributed by atoms with Crippen LogP contribution >= 0.6 is 0 Å². The van der Waals surface area contributed by atoms with E-state index in [9.17, 15) is 8.42 Å². The molecule has 5 heteroatoms. The first-order chi connectivity index (χ1) is 9.42. The number of sulfonamides is 1. The number of rotatable bonds is 3. The summed E-state index contributed by atoms with van der Waals surface area (Å²) in [6, 6.07) is 8.02. The molecule has 0 aliphatic heterocycles. The van der Waals surface area contributed by atoms with Crippen LogP contribution in [0, 0.1) is 23.2 Å². The largest absolute Gasteiger partial charge is 0.240 e. The molecule has 1 aliphatic rings. The maximum Gasteiger partial charge on any atom is 0.240 e. The molecule has 20 heavy (non-hydrogen) atoms. The highest BCUT2D eigenvalue weighted by Gasteiger charge is 2.28. The molecule has 0 saturated heterocycles. The van der Waals surface area contributed by atoms with Crippen molar-refractivity contribution in [3.8, 4) is 6.07 Å². The lowest BCUT2D eigenvalue weighted by molar-refractivity contribution is 0.242. The van der Waals surface area contributed by atoms with E-state index in [1.54, 1.807) is 0 Å². The van der Waals surface area contributed by atoms with E-state index < -0.39 is 10.0 Å². The Morgan fingerprint density at radius 2 is 1.80 bits per heavy atom. The molecule has 0 radical (unpaired) electrons. The Bertz CT molecular complexity index is 602. The first-order valence-electron chi connectivity index (χ1n) is 6.95. The van der Waals surface area contributed by atoms with Gasteiger partial charge in [0.05, 0.1) is 16.5 Å². The molecule has 0 bridgehead atoms. The molecule has 1 aromatic rings. The lowest BCUT2D eigenvalue weighted by atomic mass is 9.79. The molecule has 3 atom stereocenters. The van der Waals surface area contributed by atoms with Gasteiger partial charge in [-0.3, -0.25) is 0 Å². The second-order valence-corrected chi connectivity index (χ2v) is 7.44. The predicted octanol–water partition coefficient (Wildman–Crippen LogP) is 2.66. The first-order valence-corrected chi connectivity index (χ1v) is 8.43. The maximum absolute atomic E-state index is 12.3. The van der Waals surface area contributed by atoms with Crippen molar-refractivity contribution in [3.05, 3.63) is 29.8 Å². The SMILES string of the molecule is CC1CCC(NS(=O)(=O)c2ccc(C#N)cc2)CC1C. The van der Waals surface area contributed by atoms with Gasteiger partial charge >= 0.3 is 0 Å².